The van der Waals surface area contributed by atoms with Crippen LogP contribution in [-0.2, 0) is 40.0 Å². The van der Waals surface area contributed by atoms with Gasteiger partial charge in [0.05, 0.1) is 12.6 Å². The molecule has 0 spiro atoms. The first kappa shape index (κ1) is 52.4. The molecule has 1 aromatic carbocycles. The molecule has 1 aromatic rings. The lowest BCUT2D eigenvalue weighted by molar-refractivity contribution is -0.143. The quantitative estimate of drug-likeness (QED) is 0.0458. The fourth-order valence-corrected chi connectivity index (χ4v) is 6.17. The largest absolute Gasteiger partial charge is 0.480 e. The van der Waals surface area contributed by atoms with Crippen molar-refractivity contribution in [2.24, 2.45) is 35.0 Å². The average molecular weight is 834 g/mol. The molecule has 1 rings (SSSR count). The van der Waals surface area contributed by atoms with E-state index >= 15 is 0 Å². The molecule has 14 N–H and O–H groups in total. The van der Waals surface area contributed by atoms with E-state index in [1.54, 1.807) is 20.8 Å². The van der Waals surface area contributed by atoms with Gasteiger partial charge in [0.25, 0.3) is 0 Å². The van der Waals surface area contributed by atoms with E-state index < -0.39 is 102 Å². The number of aliphatic hydroxyl groups excluding tert-OH is 1. The van der Waals surface area contributed by atoms with Crippen molar-refractivity contribution in [3.8, 4) is 0 Å². The highest BCUT2D eigenvalue weighted by atomic mass is 16.4. The molecule has 59 heavy (non-hydrogen) atoms. The average Bonchev–Trinajstić information content (AvgIpc) is 3.19. The Morgan fingerprint density at radius 2 is 1.10 bits per heavy atom. The molecule has 6 amide bonds. The summed E-state index contributed by atoms with van der Waals surface area (Å²) in [5.74, 6) is -6.46. The fourth-order valence-electron chi connectivity index (χ4n) is 6.17. The predicted molar refractivity (Wildman–Crippen MR) is 224 cm³/mol. The van der Waals surface area contributed by atoms with Crippen LogP contribution in [0.1, 0.15) is 98.5 Å². The zero-order chi connectivity index (χ0) is 44.7. The summed E-state index contributed by atoms with van der Waals surface area (Å²) < 4.78 is 0. The van der Waals surface area contributed by atoms with E-state index in [-0.39, 0.29) is 25.2 Å². The molecule has 0 radical (unpaired) electrons. The minimum Gasteiger partial charge on any atom is -0.480 e. The summed E-state index contributed by atoms with van der Waals surface area (Å²) >= 11 is 0. The second-order valence-corrected chi connectivity index (χ2v) is 15.9. The topological polar surface area (TPSA) is 310 Å². The standard InChI is InChI=1S/C41H71N9O9/c1-7-26(6)34(40(57)49-33(25(4)5)39(56)45-29(18-12-14-20-43)36(53)48-32(23-51)41(58)59)50-38(55)30(21-24(2)3)47-37(54)31(22-27-15-9-8-10-16-27)46-35(52)28(44)17-11-13-19-42/h8-10,15-16,24-26,28-34,51H,7,11-14,17-23,42-44H2,1-6H3,(H,45,56)(H,46,52)(H,47,54)(H,48,53)(H,49,57)(H,50,55)(H,58,59)/t26-,28-,29-,30-,31-,32-,33-,34-/m0/s1. The highest BCUT2D eigenvalue weighted by Gasteiger charge is 2.36. The molecule has 0 fully saturated rings. The molecule has 0 unspecified atom stereocenters. The van der Waals surface area contributed by atoms with Crippen LogP contribution >= 0.6 is 0 Å². The minimum atomic E-state index is -1.59. The Kier molecular flexibility index (Phi) is 24.8. The van der Waals surface area contributed by atoms with E-state index in [1.165, 1.54) is 0 Å². The number of rotatable bonds is 29. The van der Waals surface area contributed by atoms with Gasteiger partial charge in [-0.1, -0.05) is 84.7 Å². The second kappa shape index (κ2) is 27.9. The van der Waals surface area contributed by atoms with E-state index in [1.807, 2.05) is 51.1 Å². The molecular weight excluding hydrogens is 763 g/mol. The van der Waals surface area contributed by atoms with Gasteiger partial charge in [-0.25, -0.2) is 4.79 Å². The Labute approximate surface area is 348 Å². The molecule has 18 nitrogen and oxygen atoms in total. The van der Waals surface area contributed by atoms with Crippen LogP contribution in [0.15, 0.2) is 30.3 Å². The lowest BCUT2D eigenvalue weighted by Crippen LogP contribution is -2.61. The Balaban J connectivity index is 3.33. The van der Waals surface area contributed by atoms with Gasteiger partial charge in [-0.15, -0.1) is 0 Å². The third-order valence-electron chi connectivity index (χ3n) is 9.98. The van der Waals surface area contributed by atoms with Gasteiger partial charge in [-0.05, 0) is 74.9 Å². The van der Waals surface area contributed by atoms with Crippen LogP contribution in [0.5, 0.6) is 0 Å². The van der Waals surface area contributed by atoms with Crippen molar-refractivity contribution >= 4 is 41.4 Å². The van der Waals surface area contributed by atoms with Gasteiger partial charge in [0.2, 0.25) is 35.4 Å². The van der Waals surface area contributed by atoms with Gasteiger partial charge < -0.3 is 59.3 Å². The molecular formula is C41H71N9O9. The van der Waals surface area contributed by atoms with E-state index in [9.17, 15) is 43.8 Å². The van der Waals surface area contributed by atoms with Crippen molar-refractivity contribution in [2.45, 2.75) is 142 Å². The summed E-state index contributed by atoms with van der Waals surface area (Å²) in [7, 11) is 0. The molecule has 0 saturated carbocycles. The highest BCUT2D eigenvalue weighted by Crippen LogP contribution is 2.14. The molecule has 18 heteroatoms. The number of nitrogens with one attached hydrogen (secondary N) is 6. The number of carboxylic acid groups (broad SMARTS) is 1. The first-order valence-electron chi connectivity index (χ1n) is 20.8. The zero-order valence-electron chi connectivity index (χ0n) is 35.6. The number of unbranched alkanes of at least 4 members (excludes halogenated alkanes) is 2. The summed E-state index contributed by atoms with van der Waals surface area (Å²) in [6.45, 7) is 10.6. The predicted octanol–water partition coefficient (Wildman–Crippen LogP) is -0.452. The van der Waals surface area contributed by atoms with Crippen molar-refractivity contribution in [2.75, 3.05) is 19.7 Å². The normalized spacial score (nSPS) is 15.4. The van der Waals surface area contributed by atoms with E-state index in [2.05, 4.69) is 31.9 Å². The number of aliphatic hydroxyl groups is 1. The summed E-state index contributed by atoms with van der Waals surface area (Å²) in [5.41, 5.74) is 18.1. The maximum absolute atomic E-state index is 14.1. The van der Waals surface area contributed by atoms with Crippen LogP contribution in [0.4, 0.5) is 0 Å². The van der Waals surface area contributed by atoms with Crippen LogP contribution < -0.4 is 49.1 Å². The highest BCUT2D eigenvalue weighted by molar-refractivity contribution is 5.97. The summed E-state index contributed by atoms with van der Waals surface area (Å²) in [6.07, 6.45) is 3.53. The van der Waals surface area contributed by atoms with E-state index in [0.717, 1.165) is 5.56 Å². The lowest BCUT2D eigenvalue weighted by Gasteiger charge is -2.31. The van der Waals surface area contributed by atoms with E-state index in [0.29, 0.717) is 51.6 Å². The molecule has 334 valence electrons. The summed E-state index contributed by atoms with van der Waals surface area (Å²) in [6, 6.07) is 0.885. The van der Waals surface area contributed by atoms with Crippen LogP contribution in [0.3, 0.4) is 0 Å². The molecule has 0 aliphatic rings. The molecule has 0 aliphatic carbocycles. The van der Waals surface area contributed by atoms with Crippen molar-refractivity contribution < 1.29 is 43.8 Å². The number of aliphatic carboxylic acids is 1. The second-order valence-electron chi connectivity index (χ2n) is 15.9. The molecule has 0 bridgehead atoms. The first-order chi connectivity index (χ1) is 27.9. The maximum atomic E-state index is 14.1. The number of nitrogens with two attached hydrogens (primary N) is 3. The van der Waals surface area contributed by atoms with E-state index in [4.69, 9.17) is 17.2 Å². The number of benzene rings is 1. The molecule has 0 aliphatic heterocycles. The number of carbonyl (C=O) groups excluding carboxylic acids is 6. The Bertz CT molecular complexity index is 1480. The van der Waals surface area contributed by atoms with Crippen molar-refractivity contribution in [1.82, 2.24) is 31.9 Å². The first-order valence-corrected chi connectivity index (χ1v) is 20.8. The van der Waals surface area contributed by atoms with Gasteiger partial charge >= 0.3 is 5.97 Å². The Morgan fingerprint density at radius 1 is 0.610 bits per heavy atom. The number of amides is 6. The summed E-state index contributed by atoms with van der Waals surface area (Å²) in [5, 5.41) is 34.7. The number of carbonyl (C=O) groups is 7. The SMILES string of the molecule is CC[C@H](C)[C@H](NC(=O)[C@H](CC(C)C)NC(=O)[C@H](Cc1ccccc1)NC(=O)[C@@H](N)CCCCN)C(=O)N[C@H](C(=O)N[C@@H](CCCCN)C(=O)N[C@@H](CO)C(=O)O)C(C)C. The summed E-state index contributed by atoms with van der Waals surface area (Å²) in [4.78, 5) is 93.3. The minimum absolute atomic E-state index is 0.0766. The number of hydrogen-bond acceptors (Lipinski definition) is 11. The third-order valence-corrected chi connectivity index (χ3v) is 9.98. The van der Waals surface area contributed by atoms with Crippen molar-refractivity contribution in [3.05, 3.63) is 35.9 Å². The van der Waals surface area contributed by atoms with Crippen LogP contribution in [0.25, 0.3) is 0 Å². The maximum Gasteiger partial charge on any atom is 0.328 e. The fraction of sp³-hybridized carbons (Fsp3) is 0.683. The van der Waals surface area contributed by atoms with Crippen LogP contribution in [0.2, 0.25) is 0 Å². The number of carboxylic acids is 1. The van der Waals surface area contributed by atoms with Crippen molar-refractivity contribution in [1.29, 1.82) is 0 Å². The number of hydrogen-bond donors (Lipinski definition) is 11. The van der Waals surface area contributed by atoms with Gasteiger partial charge in [0.15, 0.2) is 0 Å². The third kappa shape index (κ3) is 19.3. The Hall–Kier alpha value is -4.65. The molecule has 0 saturated heterocycles. The molecule has 0 aromatic heterocycles. The van der Waals surface area contributed by atoms with Crippen LogP contribution in [0, 0.1) is 17.8 Å². The van der Waals surface area contributed by atoms with Crippen molar-refractivity contribution in [3.63, 3.8) is 0 Å². The Morgan fingerprint density at radius 3 is 1.63 bits per heavy atom. The zero-order valence-corrected chi connectivity index (χ0v) is 35.6. The van der Waals surface area contributed by atoms with Gasteiger partial charge in [0, 0.05) is 6.42 Å². The van der Waals surface area contributed by atoms with Crippen LogP contribution in [-0.4, -0.2) is 114 Å². The molecule has 0 heterocycles. The smallest absolute Gasteiger partial charge is 0.328 e. The lowest BCUT2D eigenvalue weighted by atomic mass is 9.95. The van der Waals surface area contributed by atoms with Gasteiger partial charge in [0.1, 0.15) is 36.3 Å². The monoisotopic (exact) mass is 834 g/mol. The van der Waals surface area contributed by atoms with Gasteiger partial charge in [-0.3, -0.25) is 28.8 Å². The van der Waals surface area contributed by atoms with Gasteiger partial charge in [-0.2, -0.15) is 0 Å². The molecule has 8 atom stereocenters.